The van der Waals surface area contributed by atoms with Gasteiger partial charge in [-0.2, -0.15) is 0 Å². The van der Waals surface area contributed by atoms with Crippen molar-refractivity contribution in [2.75, 3.05) is 51.8 Å². The van der Waals surface area contributed by atoms with Gasteiger partial charge in [0.05, 0.1) is 26.9 Å². The highest BCUT2D eigenvalue weighted by Crippen LogP contribution is 2.30. The summed E-state index contributed by atoms with van der Waals surface area (Å²) in [7, 11) is 1.60. The van der Waals surface area contributed by atoms with Gasteiger partial charge in [0.2, 0.25) is 29.5 Å². The molecule has 0 bridgehead atoms. The number of nitrogens with two attached hydrogens (primary N) is 3. The number of nitrogens with zero attached hydrogens (tertiary/aromatic N) is 2. The highest BCUT2D eigenvalue weighted by atomic mass is 16.5. The summed E-state index contributed by atoms with van der Waals surface area (Å²) in [6.45, 7) is 3.75. The van der Waals surface area contributed by atoms with E-state index in [1.54, 1.807) is 31.5 Å². The van der Waals surface area contributed by atoms with Crippen LogP contribution in [0, 0.1) is 5.92 Å². The Morgan fingerprint density at radius 2 is 1.55 bits per heavy atom. The van der Waals surface area contributed by atoms with E-state index in [-0.39, 0.29) is 56.0 Å². The molecule has 2 aliphatic rings. The van der Waals surface area contributed by atoms with Gasteiger partial charge in [0.1, 0.15) is 29.6 Å². The maximum Gasteiger partial charge on any atom is 0.243 e. The Bertz CT molecular complexity index is 2680. The number of aromatic nitrogens is 1. The Morgan fingerprint density at radius 1 is 0.836 bits per heavy atom. The van der Waals surface area contributed by atoms with E-state index in [2.05, 4.69) is 41.5 Å². The monoisotopic (exact) mass is 1000 g/mol. The van der Waals surface area contributed by atoms with Crippen LogP contribution in [0.3, 0.4) is 0 Å². The Balaban J connectivity index is 1.11. The van der Waals surface area contributed by atoms with Gasteiger partial charge in [-0.05, 0) is 97.2 Å². The number of carbonyl (C=O) groups excluding carboxylic acids is 5. The van der Waals surface area contributed by atoms with Gasteiger partial charge in [-0.25, -0.2) is 0 Å². The zero-order chi connectivity index (χ0) is 51.7. The summed E-state index contributed by atoms with van der Waals surface area (Å²) in [6, 6.07) is 23.7. The molecule has 5 amide bonds. The van der Waals surface area contributed by atoms with Gasteiger partial charge in [-0.3, -0.25) is 33.9 Å². The first-order valence-corrected chi connectivity index (χ1v) is 25.0. The van der Waals surface area contributed by atoms with Crippen LogP contribution in [0.25, 0.3) is 22.0 Å². The number of carbonyl (C=O) groups is 5. The van der Waals surface area contributed by atoms with Crippen LogP contribution in [0.1, 0.15) is 61.6 Å². The Kier molecular flexibility index (Phi) is 19.2. The third-order valence-corrected chi connectivity index (χ3v) is 13.3. The minimum atomic E-state index is -1.26. The Labute approximate surface area is 425 Å². The lowest BCUT2D eigenvalue weighted by atomic mass is 9.85. The first-order valence-electron chi connectivity index (χ1n) is 25.0. The molecule has 0 radical (unpaired) electrons. The lowest BCUT2D eigenvalue weighted by molar-refractivity contribution is -0.134. The third kappa shape index (κ3) is 15.8. The van der Waals surface area contributed by atoms with Crippen molar-refractivity contribution >= 4 is 52.1 Å². The van der Waals surface area contributed by atoms with Gasteiger partial charge in [-0.1, -0.05) is 61.0 Å². The minimum Gasteiger partial charge on any atom is -0.508 e. The van der Waals surface area contributed by atoms with E-state index in [9.17, 15) is 29.1 Å². The number of nitrogens with one attached hydrogen (secondary N) is 6. The topological polar surface area (TPSA) is 294 Å². The van der Waals surface area contributed by atoms with Crippen molar-refractivity contribution in [2.24, 2.45) is 28.1 Å². The van der Waals surface area contributed by atoms with Crippen molar-refractivity contribution < 1.29 is 38.6 Å². The quantitative estimate of drug-likeness (QED) is 0.0256. The van der Waals surface area contributed by atoms with Gasteiger partial charge >= 0.3 is 0 Å². The molecule has 13 N–H and O–H groups in total. The minimum absolute atomic E-state index is 0.00461. The van der Waals surface area contributed by atoms with Crippen LogP contribution < -0.4 is 48.5 Å². The second kappa shape index (κ2) is 26.3. The summed E-state index contributed by atoms with van der Waals surface area (Å²) in [5.41, 5.74) is 22.8. The fourth-order valence-electron chi connectivity index (χ4n) is 9.36. The van der Waals surface area contributed by atoms with Crippen LogP contribution in [-0.2, 0) is 48.1 Å². The number of phenols is 1. The number of unbranched alkanes of at least 4 members (excludes halogenated alkanes) is 1. The number of aromatic amines is 1. The van der Waals surface area contributed by atoms with Crippen molar-refractivity contribution in [1.82, 2.24) is 31.2 Å². The molecule has 1 aliphatic carbocycles. The van der Waals surface area contributed by atoms with E-state index in [1.165, 1.54) is 0 Å². The molecule has 1 aliphatic heterocycles. The Morgan fingerprint density at radius 3 is 2.27 bits per heavy atom. The lowest BCUT2D eigenvalue weighted by Crippen LogP contribution is -2.58. The predicted molar refractivity (Wildman–Crippen MR) is 280 cm³/mol. The summed E-state index contributed by atoms with van der Waals surface area (Å²) in [5, 5.41) is 25.3. The molecule has 4 aromatic carbocycles. The summed E-state index contributed by atoms with van der Waals surface area (Å²) in [4.78, 5) is 80.1. The number of guanidine groups is 1. The highest BCUT2D eigenvalue weighted by molar-refractivity contribution is 5.98. The average molecular weight is 1000 g/mol. The SMILES string of the molecule is COc1ccccc1-c1ccc(CC(NC(=O)C(Cc2c[nH]c3ccc(O)cc23)NC(=O)[C@H]2CCC[C@H](N)C2)C(=O)NC(CCCCN=C(N)N)C(=O)NCC(=O)Nc2ccc(CN3CCOCC3)cc2)cc1. The van der Waals surface area contributed by atoms with Gasteiger partial charge in [0.15, 0.2) is 5.96 Å². The number of hydrogen-bond acceptors (Lipinski definition) is 11. The number of morpholine rings is 1. The number of methoxy groups -OCH3 is 1. The van der Waals surface area contributed by atoms with Crippen LogP contribution in [0.2, 0.25) is 0 Å². The molecular weight excluding hydrogens is 931 g/mol. The van der Waals surface area contributed by atoms with Crippen molar-refractivity contribution in [3.8, 4) is 22.6 Å². The molecule has 73 heavy (non-hydrogen) atoms. The first-order chi connectivity index (χ1) is 35.3. The number of anilines is 1. The van der Waals surface area contributed by atoms with E-state index in [0.717, 1.165) is 54.7 Å². The van der Waals surface area contributed by atoms with Gasteiger partial charge in [0, 0.05) is 79.3 Å². The molecule has 5 atom stereocenters. The van der Waals surface area contributed by atoms with Crippen LogP contribution in [0.15, 0.2) is 102 Å². The summed E-state index contributed by atoms with van der Waals surface area (Å²) < 4.78 is 11.0. The number of aromatic hydroxyl groups is 1. The summed E-state index contributed by atoms with van der Waals surface area (Å²) >= 11 is 0. The fraction of sp³-hybridized carbons (Fsp3) is 0.407. The van der Waals surface area contributed by atoms with E-state index >= 15 is 0 Å². The molecule has 19 heteroatoms. The van der Waals surface area contributed by atoms with Crippen molar-refractivity contribution in [3.63, 3.8) is 0 Å². The van der Waals surface area contributed by atoms with Crippen LogP contribution in [-0.4, -0.2) is 121 Å². The average Bonchev–Trinajstić information content (AvgIpc) is 3.79. The van der Waals surface area contributed by atoms with Gasteiger partial charge < -0.3 is 63.3 Å². The van der Waals surface area contributed by atoms with E-state index in [1.807, 2.05) is 72.8 Å². The van der Waals surface area contributed by atoms with Crippen LogP contribution in [0.5, 0.6) is 11.5 Å². The van der Waals surface area contributed by atoms with Crippen LogP contribution in [0.4, 0.5) is 5.69 Å². The number of rotatable bonds is 23. The molecule has 1 aromatic heterocycles. The van der Waals surface area contributed by atoms with Crippen molar-refractivity contribution in [3.05, 3.63) is 114 Å². The first kappa shape index (κ1) is 53.3. The highest BCUT2D eigenvalue weighted by Gasteiger charge is 2.33. The number of fused-ring (bicyclic) bond motifs is 1. The van der Waals surface area contributed by atoms with Gasteiger partial charge in [-0.15, -0.1) is 0 Å². The van der Waals surface area contributed by atoms with E-state index in [0.29, 0.717) is 66.8 Å². The van der Waals surface area contributed by atoms with E-state index < -0.39 is 47.7 Å². The van der Waals surface area contributed by atoms with Crippen molar-refractivity contribution in [2.45, 2.75) is 88.5 Å². The zero-order valence-corrected chi connectivity index (χ0v) is 41.4. The number of aliphatic imine (C=N–C) groups is 1. The van der Waals surface area contributed by atoms with Gasteiger partial charge in [0.25, 0.3) is 0 Å². The number of phenolic OH excluding ortho intramolecular Hbond substituents is 1. The maximum atomic E-state index is 14.8. The molecule has 1 saturated carbocycles. The molecule has 5 aromatic rings. The number of hydrogen-bond donors (Lipinski definition) is 10. The van der Waals surface area contributed by atoms with E-state index in [4.69, 9.17) is 26.7 Å². The second-order valence-corrected chi connectivity index (χ2v) is 18.8. The van der Waals surface area contributed by atoms with Crippen LogP contribution >= 0.6 is 0 Å². The predicted octanol–water partition coefficient (Wildman–Crippen LogP) is 3.34. The molecule has 388 valence electrons. The number of benzene rings is 4. The lowest BCUT2D eigenvalue weighted by Gasteiger charge is -2.29. The number of para-hydroxylation sites is 1. The number of amides is 5. The standard InChI is InChI=1S/C54H69N11O8/c1-72-48-11-3-2-9-42(48)36-16-12-34(13-17-36)27-46(64-53(71)47(63-50(68)37-7-6-8-39(55)28-37)29-38-31-59-44-21-20-41(66)30-43(38)44)52(70)62-45(10-4-5-22-58-54(56)57)51(69)60-32-49(67)61-40-18-14-35(15-19-40)33-65-23-25-73-26-24-65/h2-3,9,11-21,30-31,37,39,45-47,59,66H,4-8,10,22-29,32-33,55H2,1H3,(H,60,69)(H,61,67)(H,62,70)(H,63,68)(H,64,71)(H4,56,57,58)/t37-,39-,45?,46?,47?/m0/s1. The number of H-pyrrole nitrogens is 1. The maximum absolute atomic E-state index is 14.8. The number of ether oxygens (including phenoxy) is 2. The normalized spacial score (nSPS) is 17.1. The molecule has 7 rings (SSSR count). The molecule has 2 heterocycles. The third-order valence-electron chi connectivity index (χ3n) is 13.3. The fourth-order valence-corrected chi connectivity index (χ4v) is 9.36. The Hall–Kier alpha value is -7.48. The molecular formula is C54H69N11O8. The summed E-state index contributed by atoms with van der Waals surface area (Å²) in [5.74, 6) is -2.50. The zero-order valence-electron chi connectivity index (χ0n) is 41.4. The largest absolute Gasteiger partial charge is 0.508 e. The molecule has 2 fully saturated rings. The molecule has 3 unspecified atom stereocenters. The summed E-state index contributed by atoms with van der Waals surface area (Å²) in [6.07, 6.45) is 5.44. The smallest absolute Gasteiger partial charge is 0.243 e. The molecule has 1 saturated heterocycles. The van der Waals surface area contributed by atoms with Crippen molar-refractivity contribution in [1.29, 1.82) is 0 Å². The second-order valence-electron chi connectivity index (χ2n) is 18.8. The molecule has 19 nitrogen and oxygen atoms in total. The molecule has 0 spiro atoms.